The van der Waals surface area contributed by atoms with Gasteiger partial charge in [-0.3, -0.25) is 43.6 Å². The third kappa shape index (κ3) is 19.8. The van der Waals surface area contributed by atoms with Crippen molar-refractivity contribution >= 4 is 35.3 Å². The standard InChI is InChI=1S/C31H53N7O8/c1-6-36(22-29(41)42)15-16-37(23-30(43)44)17-18-38(24-31(45)46)21-28(40)32-26-9-7-25(8-10-26)19-27(39)20-35(5)14-13-34(4)12-11-33(2)3/h7-10H,6,11-24H2,1-5H3,(H,32,40)(H,41,42)(H,43,44)(H,45,46). The zero-order valence-electron chi connectivity index (χ0n) is 28.0. The van der Waals surface area contributed by atoms with Crippen LogP contribution in [0.5, 0.6) is 0 Å². The summed E-state index contributed by atoms with van der Waals surface area (Å²) in [6.45, 7) is 5.92. The average molecular weight is 652 g/mol. The van der Waals surface area contributed by atoms with Crippen molar-refractivity contribution in [2.24, 2.45) is 0 Å². The SMILES string of the molecule is CCN(CCN(CCN(CC(=O)O)CC(=O)Nc1ccc(CC(=O)CN(C)CCN(C)CCN(C)C)cc1)CC(=O)O)CC(=O)O. The molecule has 15 heteroatoms. The first-order valence-corrected chi connectivity index (χ1v) is 15.4. The summed E-state index contributed by atoms with van der Waals surface area (Å²) in [5.74, 6) is -3.54. The summed E-state index contributed by atoms with van der Waals surface area (Å²) in [5.41, 5.74) is 1.32. The van der Waals surface area contributed by atoms with Gasteiger partial charge >= 0.3 is 17.9 Å². The van der Waals surface area contributed by atoms with Crippen molar-refractivity contribution in [2.75, 3.05) is 125 Å². The van der Waals surface area contributed by atoms with Gasteiger partial charge in [0.2, 0.25) is 5.91 Å². The second kappa shape index (κ2) is 22.1. The highest BCUT2D eigenvalue weighted by molar-refractivity contribution is 5.92. The van der Waals surface area contributed by atoms with Crippen molar-refractivity contribution in [1.29, 1.82) is 0 Å². The van der Waals surface area contributed by atoms with Crippen molar-refractivity contribution in [1.82, 2.24) is 29.4 Å². The zero-order chi connectivity index (χ0) is 34.6. The Kier molecular flexibility index (Phi) is 19.5. The molecule has 0 aliphatic heterocycles. The van der Waals surface area contributed by atoms with Crippen molar-refractivity contribution in [3.63, 3.8) is 0 Å². The zero-order valence-corrected chi connectivity index (χ0v) is 28.0. The summed E-state index contributed by atoms with van der Waals surface area (Å²) < 4.78 is 0. The summed E-state index contributed by atoms with van der Waals surface area (Å²) in [7, 11) is 8.07. The van der Waals surface area contributed by atoms with Crippen LogP contribution < -0.4 is 5.32 Å². The summed E-state index contributed by atoms with van der Waals surface area (Å²) in [6, 6.07) is 6.92. The van der Waals surface area contributed by atoms with E-state index in [0.29, 0.717) is 25.3 Å². The number of anilines is 1. The third-order valence-electron chi connectivity index (χ3n) is 7.23. The maximum atomic E-state index is 12.8. The maximum Gasteiger partial charge on any atom is 0.317 e. The van der Waals surface area contributed by atoms with Crippen LogP contribution in [0.3, 0.4) is 0 Å². The van der Waals surface area contributed by atoms with Gasteiger partial charge < -0.3 is 30.4 Å². The molecule has 0 unspecified atom stereocenters. The lowest BCUT2D eigenvalue weighted by atomic mass is 10.1. The van der Waals surface area contributed by atoms with E-state index in [1.165, 1.54) is 4.90 Å². The minimum absolute atomic E-state index is 0.0840. The quantitative estimate of drug-likeness (QED) is 0.0993. The number of aliphatic carboxylic acids is 3. The van der Waals surface area contributed by atoms with E-state index in [2.05, 4.69) is 22.2 Å². The van der Waals surface area contributed by atoms with E-state index in [4.69, 9.17) is 5.11 Å². The molecule has 0 aliphatic rings. The number of nitrogens with zero attached hydrogens (tertiary/aromatic N) is 6. The summed E-state index contributed by atoms with van der Waals surface area (Å²) in [4.78, 5) is 70.3. The Morgan fingerprint density at radius 3 is 1.61 bits per heavy atom. The number of carbonyl (C=O) groups is 5. The number of likely N-dealkylation sites (N-methyl/N-ethyl adjacent to an activating group) is 4. The van der Waals surface area contributed by atoms with Gasteiger partial charge in [0.25, 0.3) is 0 Å². The van der Waals surface area contributed by atoms with Gasteiger partial charge in [0.1, 0.15) is 0 Å². The number of carbonyl (C=O) groups excluding carboxylic acids is 2. The van der Waals surface area contributed by atoms with Crippen LogP contribution in [0.2, 0.25) is 0 Å². The van der Waals surface area contributed by atoms with E-state index >= 15 is 0 Å². The van der Waals surface area contributed by atoms with Gasteiger partial charge in [0.15, 0.2) is 5.78 Å². The topological polar surface area (TPSA) is 178 Å². The number of Topliss-reactive ketones (excluding diaryl/α,β-unsaturated/α-hetero) is 1. The Morgan fingerprint density at radius 1 is 0.587 bits per heavy atom. The van der Waals surface area contributed by atoms with Crippen LogP contribution in [-0.4, -0.2) is 194 Å². The summed E-state index contributed by atoms with van der Waals surface area (Å²) in [6.07, 6.45) is 0.264. The monoisotopic (exact) mass is 651 g/mol. The van der Waals surface area contributed by atoms with Gasteiger partial charge in [-0.2, -0.15) is 0 Å². The van der Waals surface area contributed by atoms with Gasteiger partial charge in [0.05, 0.1) is 32.7 Å². The smallest absolute Gasteiger partial charge is 0.317 e. The number of carboxylic acids is 3. The number of carboxylic acid groups (broad SMARTS) is 3. The van der Waals surface area contributed by atoms with Crippen LogP contribution in [0, 0.1) is 0 Å². The molecule has 0 fully saturated rings. The highest BCUT2D eigenvalue weighted by Gasteiger charge is 2.19. The van der Waals surface area contributed by atoms with Crippen molar-refractivity contribution in [3.05, 3.63) is 29.8 Å². The van der Waals surface area contributed by atoms with E-state index in [0.717, 1.165) is 31.7 Å². The number of benzene rings is 1. The van der Waals surface area contributed by atoms with E-state index in [9.17, 15) is 34.2 Å². The van der Waals surface area contributed by atoms with E-state index in [1.54, 1.807) is 41.0 Å². The Hall–Kier alpha value is -3.47. The molecule has 0 aliphatic carbocycles. The highest BCUT2D eigenvalue weighted by Crippen LogP contribution is 2.11. The van der Waals surface area contributed by atoms with Gasteiger partial charge in [0, 0.05) is 64.5 Å². The maximum absolute atomic E-state index is 12.8. The van der Waals surface area contributed by atoms with Crippen LogP contribution in [0.1, 0.15) is 12.5 Å². The molecule has 260 valence electrons. The molecule has 0 spiro atoms. The predicted octanol–water partition coefficient (Wildman–Crippen LogP) is -0.658. The normalized spacial score (nSPS) is 11.7. The number of rotatable bonds is 26. The molecule has 0 saturated carbocycles. The van der Waals surface area contributed by atoms with Crippen LogP contribution in [0.15, 0.2) is 24.3 Å². The fourth-order valence-electron chi connectivity index (χ4n) is 4.57. The first kappa shape index (κ1) is 40.6. The molecule has 4 N–H and O–H groups in total. The Labute approximate surface area is 272 Å². The number of hydrogen-bond acceptors (Lipinski definition) is 11. The Balaban J connectivity index is 2.62. The molecule has 0 radical (unpaired) electrons. The van der Waals surface area contributed by atoms with Crippen molar-refractivity contribution in [3.8, 4) is 0 Å². The summed E-state index contributed by atoms with van der Waals surface area (Å²) >= 11 is 0. The fraction of sp³-hybridized carbons (Fsp3) is 0.645. The lowest BCUT2D eigenvalue weighted by Crippen LogP contribution is -2.45. The Bertz CT molecular complexity index is 1100. The molecule has 0 atom stereocenters. The lowest BCUT2D eigenvalue weighted by Gasteiger charge is -2.27. The van der Waals surface area contributed by atoms with Crippen LogP contribution in [0.4, 0.5) is 5.69 Å². The van der Waals surface area contributed by atoms with Crippen LogP contribution in [0.25, 0.3) is 0 Å². The summed E-state index contributed by atoms with van der Waals surface area (Å²) in [5, 5.41) is 30.5. The number of nitrogens with one attached hydrogen (secondary N) is 1. The molecule has 15 nitrogen and oxygen atoms in total. The number of hydrogen-bond donors (Lipinski definition) is 4. The van der Waals surface area contributed by atoms with Crippen molar-refractivity contribution in [2.45, 2.75) is 13.3 Å². The molecule has 1 aromatic rings. The molecule has 0 heterocycles. The molecular formula is C31H53N7O8. The fourth-order valence-corrected chi connectivity index (χ4v) is 4.57. The van der Waals surface area contributed by atoms with E-state index < -0.39 is 30.4 Å². The number of ketones is 1. The molecule has 0 bridgehead atoms. The minimum atomic E-state index is -1.13. The molecule has 0 aromatic heterocycles. The second-order valence-corrected chi connectivity index (χ2v) is 11.8. The van der Waals surface area contributed by atoms with E-state index in [-0.39, 0.29) is 51.5 Å². The van der Waals surface area contributed by atoms with Crippen LogP contribution >= 0.6 is 0 Å². The molecule has 1 rings (SSSR count). The molecular weight excluding hydrogens is 598 g/mol. The molecule has 0 saturated heterocycles. The first-order valence-electron chi connectivity index (χ1n) is 15.4. The average Bonchev–Trinajstić information content (AvgIpc) is 2.95. The highest BCUT2D eigenvalue weighted by atomic mass is 16.4. The third-order valence-corrected chi connectivity index (χ3v) is 7.23. The van der Waals surface area contributed by atoms with Crippen LogP contribution in [-0.2, 0) is 30.4 Å². The first-order chi connectivity index (χ1) is 21.7. The molecule has 1 aromatic carbocycles. The predicted molar refractivity (Wildman–Crippen MR) is 175 cm³/mol. The van der Waals surface area contributed by atoms with Gasteiger partial charge in [-0.15, -0.1) is 0 Å². The van der Waals surface area contributed by atoms with E-state index in [1.807, 2.05) is 26.0 Å². The molecule has 1 amide bonds. The van der Waals surface area contributed by atoms with Gasteiger partial charge in [-0.1, -0.05) is 19.1 Å². The number of amides is 1. The minimum Gasteiger partial charge on any atom is -0.480 e. The largest absolute Gasteiger partial charge is 0.480 e. The van der Waals surface area contributed by atoms with Gasteiger partial charge in [-0.05, 0) is 52.4 Å². The lowest BCUT2D eigenvalue weighted by molar-refractivity contribution is -0.140. The molecule has 46 heavy (non-hydrogen) atoms. The van der Waals surface area contributed by atoms with Gasteiger partial charge in [-0.25, -0.2) is 0 Å². The van der Waals surface area contributed by atoms with Crippen molar-refractivity contribution < 1.29 is 39.3 Å². The second-order valence-electron chi connectivity index (χ2n) is 11.8. The Morgan fingerprint density at radius 2 is 1.07 bits per heavy atom.